The fourth-order valence-corrected chi connectivity index (χ4v) is 3.49. The van der Waals surface area contributed by atoms with Crippen LogP contribution in [0.5, 0.6) is 0 Å². The Morgan fingerprint density at radius 1 is 1.50 bits per heavy atom. The van der Waals surface area contributed by atoms with Crippen molar-refractivity contribution >= 4 is 22.4 Å². The average molecular weight is 293 g/mol. The second kappa shape index (κ2) is 4.77. The van der Waals surface area contributed by atoms with E-state index in [1.165, 1.54) is 0 Å². The summed E-state index contributed by atoms with van der Waals surface area (Å²) in [6, 6.07) is 0.0906. The third-order valence-electron chi connectivity index (χ3n) is 3.39. The molecule has 0 radical (unpaired) electrons. The van der Waals surface area contributed by atoms with Crippen molar-refractivity contribution < 1.29 is 9.53 Å². The highest BCUT2D eigenvalue weighted by molar-refractivity contribution is 7.15. The molecule has 0 spiro atoms. The summed E-state index contributed by atoms with van der Waals surface area (Å²) >= 11 is 1.61. The lowest BCUT2D eigenvalue weighted by molar-refractivity contribution is 0.0221. The Balaban J connectivity index is 1.86. The molecule has 0 bridgehead atoms. The fraction of sp³-hybridized carbons (Fsp3) is 0.571. The molecule has 5 nitrogen and oxygen atoms in total. The number of imidazole rings is 1. The van der Waals surface area contributed by atoms with E-state index in [9.17, 15) is 4.79 Å². The highest BCUT2D eigenvalue weighted by Gasteiger charge is 2.34. The van der Waals surface area contributed by atoms with Crippen molar-refractivity contribution in [3.63, 3.8) is 0 Å². The topological polar surface area (TPSA) is 46.8 Å². The normalized spacial score (nSPS) is 19.8. The first-order valence-electron chi connectivity index (χ1n) is 6.86. The zero-order chi connectivity index (χ0) is 14.3. The molecule has 0 unspecified atom stereocenters. The van der Waals surface area contributed by atoms with E-state index in [0.717, 1.165) is 30.0 Å². The Bertz CT molecular complexity index is 626. The summed E-state index contributed by atoms with van der Waals surface area (Å²) in [4.78, 5) is 19.4. The van der Waals surface area contributed by atoms with Crippen molar-refractivity contribution in [2.75, 3.05) is 6.54 Å². The third-order valence-corrected chi connectivity index (χ3v) is 4.26. The number of likely N-dealkylation sites (tertiary alicyclic amines) is 1. The standard InChI is InChI=1S/C14H19N3O2S/c1-14(2,3)19-13(18)17-7-4-5-10(17)11-9-20-12-15-6-8-16(11)12/h6,8-10H,4-5,7H2,1-3H3/t10-/m1/s1. The van der Waals surface area contributed by atoms with E-state index in [-0.39, 0.29) is 12.1 Å². The van der Waals surface area contributed by atoms with Gasteiger partial charge in [0.1, 0.15) is 5.60 Å². The number of carbonyl (C=O) groups is 1. The summed E-state index contributed by atoms with van der Waals surface area (Å²) in [6.07, 6.45) is 5.51. The molecule has 1 fully saturated rings. The van der Waals surface area contributed by atoms with Crippen molar-refractivity contribution in [3.8, 4) is 0 Å². The molecule has 20 heavy (non-hydrogen) atoms. The first-order valence-corrected chi connectivity index (χ1v) is 7.74. The van der Waals surface area contributed by atoms with Crippen LogP contribution in [0.1, 0.15) is 45.3 Å². The highest BCUT2D eigenvalue weighted by atomic mass is 32.1. The summed E-state index contributed by atoms with van der Waals surface area (Å²) in [5, 5.41) is 2.09. The SMILES string of the molecule is CC(C)(C)OC(=O)N1CCC[C@@H]1c1csc2nccn12. The molecular weight excluding hydrogens is 274 g/mol. The van der Waals surface area contributed by atoms with Gasteiger partial charge in [0.25, 0.3) is 0 Å². The van der Waals surface area contributed by atoms with Gasteiger partial charge in [0, 0.05) is 24.3 Å². The number of amides is 1. The van der Waals surface area contributed by atoms with Gasteiger partial charge in [-0.3, -0.25) is 9.30 Å². The Morgan fingerprint density at radius 2 is 2.30 bits per heavy atom. The van der Waals surface area contributed by atoms with Gasteiger partial charge in [-0.1, -0.05) is 0 Å². The number of fused-ring (bicyclic) bond motifs is 1. The van der Waals surface area contributed by atoms with Crippen LogP contribution in [0.4, 0.5) is 4.79 Å². The largest absolute Gasteiger partial charge is 0.444 e. The summed E-state index contributed by atoms with van der Waals surface area (Å²) < 4.78 is 7.58. The van der Waals surface area contributed by atoms with Crippen molar-refractivity contribution in [2.45, 2.75) is 45.3 Å². The Kier molecular flexibility index (Phi) is 3.20. The number of hydrogen-bond donors (Lipinski definition) is 0. The molecule has 6 heteroatoms. The van der Waals surface area contributed by atoms with E-state index in [1.807, 2.05) is 31.9 Å². The summed E-state index contributed by atoms with van der Waals surface area (Å²) in [5.74, 6) is 0. The van der Waals surface area contributed by atoms with Gasteiger partial charge in [0.2, 0.25) is 0 Å². The van der Waals surface area contributed by atoms with Crippen LogP contribution in [-0.4, -0.2) is 32.5 Å². The van der Waals surface area contributed by atoms with Crippen molar-refractivity contribution in [2.24, 2.45) is 0 Å². The Hall–Kier alpha value is -1.56. The molecule has 0 aromatic carbocycles. The molecule has 0 saturated carbocycles. The maximum absolute atomic E-state index is 12.3. The second-order valence-electron chi connectivity index (χ2n) is 6.07. The first kappa shape index (κ1) is 13.4. The smallest absolute Gasteiger partial charge is 0.410 e. The predicted molar refractivity (Wildman–Crippen MR) is 78.0 cm³/mol. The van der Waals surface area contributed by atoms with Crippen LogP contribution in [-0.2, 0) is 4.74 Å². The van der Waals surface area contributed by atoms with E-state index in [1.54, 1.807) is 17.5 Å². The number of carbonyl (C=O) groups excluding carboxylic acids is 1. The zero-order valence-electron chi connectivity index (χ0n) is 12.0. The molecule has 0 N–H and O–H groups in total. The van der Waals surface area contributed by atoms with Crippen molar-refractivity contribution in [1.29, 1.82) is 0 Å². The molecule has 2 aromatic rings. The van der Waals surface area contributed by atoms with Crippen LogP contribution in [0, 0.1) is 0 Å². The number of nitrogens with zero attached hydrogens (tertiary/aromatic N) is 3. The van der Waals surface area contributed by atoms with Gasteiger partial charge in [-0.15, -0.1) is 11.3 Å². The quantitative estimate of drug-likeness (QED) is 0.809. The molecule has 108 valence electrons. The predicted octanol–water partition coefficient (Wildman–Crippen LogP) is 3.47. The lowest BCUT2D eigenvalue weighted by Gasteiger charge is -2.28. The molecule has 1 aliphatic heterocycles. The first-order chi connectivity index (χ1) is 9.46. The molecule has 1 aliphatic rings. The number of ether oxygens (including phenoxy) is 1. The average Bonchev–Trinajstić information content (AvgIpc) is 3.01. The zero-order valence-corrected chi connectivity index (χ0v) is 12.8. The van der Waals surface area contributed by atoms with E-state index in [0.29, 0.717) is 0 Å². The highest BCUT2D eigenvalue weighted by Crippen LogP contribution is 2.35. The minimum atomic E-state index is -0.455. The maximum atomic E-state index is 12.3. The van der Waals surface area contributed by atoms with Crippen LogP contribution in [0.15, 0.2) is 17.8 Å². The Labute approximate surface area is 122 Å². The van der Waals surface area contributed by atoms with Gasteiger partial charge in [-0.2, -0.15) is 0 Å². The number of thiazole rings is 1. The van der Waals surface area contributed by atoms with E-state index in [4.69, 9.17) is 4.74 Å². The van der Waals surface area contributed by atoms with Crippen LogP contribution < -0.4 is 0 Å². The number of rotatable bonds is 1. The van der Waals surface area contributed by atoms with Crippen LogP contribution in [0.2, 0.25) is 0 Å². The monoisotopic (exact) mass is 293 g/mol. The number of aromatic nitrogens is 2. The number of hydrogen-bond acceptors (Lipinski definition) is 4. The maximum Gasteiger partial charge on any atom is 0.410 e. The minimum Gasteiger partial charge on any atom is -0.444 e. The third kappa shape index (κ3) is 2.40. The molecule has 0 aliphatic carbocycles. The van der Waals surface area contributed by atoms with E-state index in [2.05, 4.69) is 14.8 Å². The molecule has 3 rings (SSSR count). The molecule has 3 heterocycles. The fourth-order valence-electron chi connectivity index (χ4n) is 2.60. The van der Waals surface area contributed by atoms with Crippen LogP contribution in [0.25, 0.3) is 4.96 Å². The minimum absolute atomic E-state index is 0.0906. The van der Waals surface area contributed by atoms with Gasteiger partial charge in [-0.05, 0) is 33.6 Å². The lowest BCUT2D eigenvalue weighted by Crippen LogP contribution is -2.36. The van der Waals surface area contributed by atoms with Gasteiger partial charge < -0.3 is 4.74 Å². The van der Waals surface area contributed by atoms with Gasteiger partial charge in [0.05, 0.1) is 11.7 Å². The molecular formula is C14H19N3O2S. The van der Waals surface area contributed by atoms with E-state index >= 15 is 0 Å². The van der Waals surface area contributed by atoms with Crippen LogP contribution >= 0.6 is 11.3 Å². The molecule has 1 amide bonds. The van der Waals surface area contributed by atoms with Gasteiger partial charge >= 0.3 is 6.09 Å². The molecule has 1 saturated heterocycles. The van der Waals surface area contributed by atoms with Crippen LogP contribution in [0.3, 0.4) is 0 Å². The molecule has 1 atom stereocenters. The van der Waals surface area contributed by atoms with Gasteiger partial charge in [0.15, 0.2) is 4.96 Å². The van der Waals surface area contributed by atoms with Gasteiger partial charge in [-0.25, -0.2) is 9.78 Å². The summed E-state index contributed by atoms with van der Waals surface area (Å²) in [7, 11) is 0. The Morgan fingerprint density at radius 3 is 3.05 bits per heavy atom. The van der Waals surface area contributed by atoms with Crippen molar-refractivity contribution in [3.05, 3.63) is 23.5 Å². The molecule has 2 aromatic heterocycles. The summed E-state index contributed by atoms with van der Waals surface area (Å²) in [5.41, 5.74) is 0.675. The summed E-state index contributed by atoms with van der Waals surface area (Å²) in [6.45, 7) is 6.45. The lowest BCUT2D eigenvalue weighted by atomic mass is 10.1. The second-order valence-corrected chi connectivity index (χ2v) is 6.91. The van der Waals surface area contributed by atoms with Crippen molar-refractivity contribution in [1.82, 2.24) is 14.3 Å². The van der Waals surface area contributed by atoms with E-state index < -0.39 is 5.60 Å².